The van der Waals surface area contributed by atoms with Gasteiger partial charge in [-0.1, -0.05) is 12.1 Å². The summed E-state index contributed by atoms with van der Waals surface area (Å²) in [6.45, 7) is 4.14. The largest absolute Gasteiger partial charge is 0.436 e. The van der Waals surface area contributed by atoms with E-state index in [1.165, 1.54) is 11.1 Å². The van der Waals surface area contributed by atoms with Gasteiger partial charge >= 0.3 is 0 Å². The van der Waals surface area contributed by atoms with E-state index in [0.717, 1.165) is 22.2 Å². The second-order valence-corrected chi connectivity index (χ2v) is 4.78. The number of benzene rings is 2. The van der Waals surface area contributed by atoms with Crippen LogP contribution in [0.1, 0.15) is 16.7 Å². The van der Waals surface area contributed by atoms with E-state index in [9.17, 15) is 5.11 Å². The molecule has 0 radical (unpaired) electrons. The van der Waals surface area contributed by atoms with Crippen molar-refractivity contribution < 1.29 is 9.52 Å². The maximum Gasteiger partial charge on any atom is 0.227 e. The van der Waals surface area contributed by atoms with Crippen LogP contribution in [0.3, 0.4) is 0 Å². The third-order valence-corrected chi connectivity index (χ3v) is 3.36. The number of hydrogen-bond donors (Lipinski definition) is 1. The molecular formula is C16H15NO2. The first-order valence-electron chi connectivity index (χ1n) is 6.25. The van der Waals surface area contributed by atoms with Crippen molar-refractivity contribution in [3.63, 3.8) is 0 Å². The molecule has 19 heavy (non-hydrogen) atoms. The van der Waals surface area contributed by atoms with Gasteiger partial charge in [0.1, 0.15) is 5.52 Å². The van der Waals surface area contributed by atoms with Gasteiger partial charge in [-0.3, -0.25) is 0 Å². The summed E-state index contributed by atoms with van der Waals surface area (Å²) in [5.74, 6) is 0.593. The van der Waals surface area contributed by atoms with E-state index in [2.05, 4.69) is 18.8 Å². The first-order valence-corrected chi connectivity index (χ1v) is 6.25. The number of hydrogen-bond acceptors (Lipinski definition) is 3. The van der Waals surface area contributed by atoms with Crippen LogP contribution in [0.4, 0.5) is 0 Å². The Bertz CT molecular complexity index is 705. The minimum atomic E-state index is 0.0201. The van der Waals surface area contributed by atoms with Crippen molar-refractivity contribution in [2.24, 2.45) is 0 Å². The Hall–Kier alpha value is -2.13. The molecule has 0 amide bonds. The summed E-state index contributed by atoms with van der Waals surface area (Å²) in [6.07, 6.45) is 0. The van der Waals surface area contributed by atoms with Crippen LogP contribution < -0.4 is 0 Å². The van der Waals surface area contributed by atoms with Crippen LogP contribution in [0.5, 0.6) is 0 Å². The number of aromatic nitrogens is 1. The fraction of sp³-hybridized carbons (Fsp3) is 0.188. The van der Waals surface area contributed by atoms with Gasteiger partial charge in [0.15, 0.2) is 5.58 Å². The van der Waals surface area contributed by atoms with Crippen molar-refractivity contribution in [3.8, 4) is 11.5 Å². The Kier molecular flexibility index (Phi) is 2.84. The van der Waals surface area contributed by atoms with Gasteiger partial charge in [-0.2, -0.15) is 0 Å². The van der Waals surface area contributed by atoms with Crippen molar-refractivity contribution in [2.45, 2.75) is 20.5 Å². The van der Waals surface area contributed by atoms with Gasteiger partial charge in [0.05, 0.1) is 6.61 Å². The number of oxazole rings is 1. The van der Waals surface area contributed by atoms with Gasteiger partial charge in [-0.15, -0.1) is 0 Å². The Morgan fingerprint density at radius 1 is 1.11 bits per heavy atom. The second-order valence-electron chi connectivity index (χ2n) is 4.78. The number of rotatable bonds is 2. The fourth-order valence-corrected chi connectivity index (χ4v) is 2.11. The monoisotopic (exact) mass is 253 g/mol. The van der Waals surface area contributed by atoms with Crippen LogP contribution in [-0.2, 0) is 6.61 Å². The molecule has 0 spiro atoms. The van der Waals surface area contributed by atoms with Crippen molar-refractivity contribution in [1.82, 2.24) is 4.98 Å². The predicted octanol–water partition coefficient (Wildman–Crippen LogP) is 3.60. The second kappa shape index (κ2) is 4.52. The molecule has 0 atom stereocenters. The first kappa shape index (κ1) is 11.9. The zero-order chi connectivity index (χ0) is 13.4. The average Bonchev–Trinajstić information content (AvgIpc) is 2.82. The molecular weight excluding hydrogens is 238 g/mol. The van der Waals surface area contributed by atoms with Crippen molar-refractivity contribution >= 4 is 11.1 Å². The number of aryl methyl sites for hydroxylation is 2. The molecule has 96 valence electrons. The van der Waals surface area contributed by atoms with Gasteiger partial charge in [0.25, 0.3) is 0 Å². The molecule has 0 aliphatic heterocycles. The van der Waals surface area contributed by atoms with Gasteiger partial charge in [0, 0.05) is 5.56 Å². The smallest absolute Gasteiger partial charge is 0.227 e. The first-order chi connectivity index (χ1) is 9.17. The van der Waals surface area contributed by atoms with E-state index in [1.54, 1.807) is 0 Å². The lowest BCUT2D eigenvalue weighted by Crippen LogP contribution is -1.84. The molecule has 0 saturated carbocycles. The molecule has 3 aromatic rings. The molecule has 3 nitrogen and oxygen atoms in total. The summed E-state index contributed by atoms with van der Waals surface area (Å²) >= 11 is 0. The minimum absolute atomic E-state index is 0.0201. The minimum Gasteiger partial charge on any atom is -0.436 e. The highest BCUT2D eigenvalue weighted by atomic mass is 16.3. The Morgan fingerprint density at radius 3 is 2.68 bits per heavy atom. The molecule has 0 bridgehead atoms. The van der Waals surface area contributed by atoms with E-state index in [1.807, 2.05) is 36.4 Å². The van der Waals surface area contributed by atoms with E-state index >= 15 is 0 Å². The quantitative estimate of drug-likeness (QED) is 0.759. The maximum atomic E-state index is 9.17. The van der Waals surface area contributed by atoms with E-state index < -0.39 is 0 Å². The lowest BCUT2D eigenvalue weighted by molar-refractivity contribution is 0.282. The molecule has 1 aromatic heterocycles. The van der Waals surface area contributed by atoms with Gasteiger partial charge in [-0.25, -0.2) is 4.98 Å². The number of aliphatic hydroxyl groups excluding tert-OH is 1. The molecule has 2 aromatic carbocycles. The molecule has 0 saturated heterocycles. The molecule has 0 fully saturated rings. The topological polar surface area (TPSA) is 46.3 Å². The van der Waals surface area contributed by atoms with Crippen LogP contribution in [0.25, 0.3) is 22.6 Å². The van der Waals surface area contributed by atoms with Crippen LogP contribution in [0.2, 0.25) is 0 Å². The highest BCUT2D eigenvalue weighted by Crippen LogP contribution is 2.26. The summed E-state index contributed by atoms with van der Waals surface area (Å²) in [5.41, 5.74) is 5.81. The molecule has 0 aliphatic carbocycles. The van der Waals surface area contributed by atoms with Gasteiger partial charge < -0.3 is 9.52 Å². The predicted molar refractivity (Wildman–Crippen MR) is 74.8 cm³/mol. The molecule has 3 rings (SSSR count). The molecule has 0 aliphatic rings. The summed E-state index contributed by atoms with van der Waals surface area (Å²) in [5, 5.41) is 9.17. The molecule has 1 N–H and O–H groups in total. The zero-order valence-corrected chi connectivity index (χ0v) is 11.0. The summed E-state index contributed by atoms with van der Waals surface area (Å²) < 4.78 is 5.80. The third-order valence-electron chi connectivity index (χ3n) is 3.36. The van der Waals surface area contributed by atoms with Crippen LogP contribution in [-0.4, -0.2) is 10.1 Å². The van der Waals surface area contributed by atoms with Gasteiger partial charge in [0.2, 0.25) is 5.89 Å². The van der Waals surface area contributed by atoms with Gasteiger partial charge in [-0.05, 0) is 54.8 Å². The SMILES string of the molecule is Cc1cc2nc(-c3cccc(CO)c3)oc2cc1C. The van der Waals surface area contributed by atoms with Crippen LogP contribution in [0.15, 0.2) is 40.8 Å². The van der Waals surface area contributed by atoms with Crippen molar-refractivity contribution in [1.29, 1.82) is 0 Å². The van der Waals surface area contributed by atoms with E-state index in [4.69, 9.17) is 4.42 Å². The zero-order valence-electron chi connectivity index (χ0n) is 11.0. The third kappa shape index (κ3) is 2.13. The van der Waals surface area contributed by atoms with Crippen molar-refractivity contribution in [2.75, 3.05) is 0 Å². The Morgan fingerprint density at radius 2 is 1.89 bits per heavy atom. The van der Waals surface area contributed by atoms with Crippen LogP contribution in [0, 0.1) is 13.8 Å². The summed E-state index contributed by atoms with van der Waals surface area (Å²) in [6, 6.07) is 11.6. The number of aliphatic hydroxyl groups is 1. The average molecular weight is 253 g/mol. The standard InChI is InChI=1S/C16H15NO2/c1-10-6-14-15(7-11(10)2)19-16(17-14)13-5-3-4-12(8-13)9-18/h3-8,18H,9H2,1-2H3. The normalized spacial score (nSPS) is 11.1. The summed E-state index contributed by atoms with van der Waals surface area (Å²) in [7, 11) is 0. The highest BCUT2D eigenvalue weighted by Gasteiger charge is 2.09. The maximum absolute atomic E-state index is 9.17. The van der Waals surface area contributed by atoms with E-state index in [0.29, 0.717) is 5.89 Å². The molecule has 1 heterocycles. The number of fused-ring (bicyclic) bond motifs is 1. The lowest BCUT2D eigenvalue weighted by atomic mass is 10.1. The van der Waals surface area contributed by atoms with Crippen molar-refractivity contribution in [3.05, 3.63) is 53.1 Å². The summed E-state index contributed by atoms with van der Waals surface area (Å²) in [4.78, 5) is 4.51. The molecule has 3 heteroatoms. The van der Waals surface area contributed by atoms with Crippen LogP contribution >= 0.6 is 0 Å². The highest BCUT2D eigenvalue weighted by molar-refractivity contribution is 5.78. The Balaban J connectivity index is 2.14. The number of nitrogens with zero attached hydrogens (tertiary/aromatic N) is 1. The lowest BCUT2D eigenvalue weighted by Gasteiger charge is -1.98. The van der Waals surface area contributed by atoms with E-state index in [-0.39, 0.29) is 6.61 Å². The fourth-order valence-electron chi connectivity index (χ4n) is 2.11. The Labute approximate surface area is 111 Å². The molecule has 0 unspecified atom stereocenters.